The van der Waals surface area contributed by atoms with Gasteiger partial charge < -0.3 is 0 Å². The summed E-state index contributed by atoms with van der Waals surface area (Å²) in [5.74, 6) is 0.597. The largest absolute Gasteiger partial charge is 0.224 e. The molecule has 0 bridgehead atoms. The smallest absolute Gasteiger partial charge is 0.175 e. The predicted molar refractivity (Wildman–Crippen MR) is 62.7 cm³/mol. The van der Waals surface area contributed by atoms with Gasteiger partial charge in [-0.2, -0.15) is 0 Å². The Balaban J connectivity index is 2.94. The molecule has 0 N–H and O–H groups in total. The Labute approximate surface area is 92.2 Å². The molecule has 0 aliphatic carbocycles. The fourth-order valence-electron chi connectivity index (χ4n) is 1.45. The van der Waals surface area contributed by atoms with Crippen LogP contribution >= 0.6 is 0 Å². The molecule has 0 radical (unpaired) electrons. The van der Waals surface area contributed by atoms with E-state index in [9.17, 15) is 8.42 Å². The van der Waals surface area contributed by atoms with Crippen molar-refractivity contribution in [3.8, 4) is 0 Å². The van der Waals surface area contributed by atoms with E-state index in [1.54, 1.807) is 12.1 Å². The summed E-state index contributed by atoms with van der Waals surface area (Å²) >= 11 is 0. The van der Waals surface area contributed by atoms with E-state index in [1.807, 2.05) is 12.1 Å². The van der Waals surface area contributed by atoms with E-state index in [4.69, 9.17) is 0 Å². The van der Waals surface area contributed by atoms with Gasteiger partial charge in [0.1, 0.15) is 0 Å². The van der Waals surface area contributed by atoms with Crippen molar-refractivity contribution in [2.24, 2.45) is 5.92 Å². The molecule has 0 aliphatic heterocycles. The van der Waals surface area contributed by atoms with Gasteiger partial charge in [0.05, 0.1) is 4.90 Å². The lowest BCUT2D eigenvalue weighted by Gasteiger charge is -2.09. The molecule has 0 heterocycles. The van der Waals surface area contributed by atoms with E-state index in [1.165, 1.54) is 6.26 Å². The number of benzene rings is 1. The third-order valence-electron chi connectivity index (χ3n) is 2.61. The molecule has 1 rings (SSSR count). The summed E-state index contributed by atoms with van der Waals surface area (Å²) in [5.41, 5.74) is 1.10. The van der Waals surface area contributed by atoms with E-state index in [2.05, 4.69) is 13.8 Å². The first-order chi connectivity index (χ1) is 6.93. The first-order valence-electron chi connectivity index (χ1n) is 5.22. The Morgan fingerprint density at radius 3 is 2.53 bits per heavy atom. The molecule has 1 aromatic carbocycles. The second-order valence-corrected chi connectivity index (χ2v) is 6.15. The molecule has 0 fully saturated rings. The van der Waals surface area contributed by atoms with Gasteiger partial charge in [-0.3, -0.25) is 0 Å². The van der Waals surface area contributed by atoms with Gasteiger partial charge in [0, 0.05) is 6.26 Å². The lowest BCUT2D eigenvalue weighted by Crippen LogP contribution is -2.01. The van der Waals surface area contributed by atoms with Gasteiger partial charge in [-0.25, -0.2) is 8.42 Å². The van der Waals surface area contributed by atoms with Gasteiger partial charge in [-0.15, -0.1) is 0 Å². The van der Waals surface area contributed by atoms with Gasteiger partial charge in [0.2, 0.25) is 0 Å². The summed E-state index contributed by atoms with van der Waals surface area (Å²) < 4.78 is 22.7. The molecule has 15 heavy (non-hydrogen) atoms. The normalized spacial score (nSPS) is 13.8. The van der Waals surface area contributed by atoms with Gasteiger partial charge in [0.25, 0.3) is 0 Å². The van der Waals surface area contributed by atoms with Gasteiger partial charge in [0.15, 0.2) is 9.84 Å². The Bertz CT molecular complexity index is 421. The molecule has 84 valence electrons. The van der Waals surface area contributed by atoms with E-state index in [0.717, 1.165) is 18.4 Å². The first-order valence-corrected chi connectivity index (χ1v) is 7.11. The second-order valence-electron chi connectivity index (χ2n) is 4.14. The average molecular weight is 226 g/mol. The van der Waals surface area contributed by atoms with Crippen molar-refractivity contribution in [2.75, 3.05) is 6.26 Å². The second kappa shape index (κ2) is 4.79. The number of hydrogen-bond acceptors (Lipinski definition) is 2. The zero-order chi connectivity index (χ0) is 11.5. The van der Waals surface area contributed by atoms with Crippen molar-refractivity contribution in [1.29, 1.82) is 0 Å². The van der Waals surface area contributed by atoms with Crippen molar-refractivity contribution in [3.63, 3.8) is 0 Å². The van der Waals surface area contributed by atoms with Crippen molar-refractivity contribution >= 4 is 9.84 Å². The summed E-state index contributed by atoms with van der Waals surface area (Å²) in [6, 6.07) is 7.23. The van der Waals surface area contributed by atoms with Gasteiger partial charge in [-0.05, 0) is 30.0 Å². The summed E-state index contributed by atoms with van der Waals surface area (Å²) in [6.45, 7) is 4.32. The molecule has 3 heteroatoms. The molecule has 1 atom stereocenters. The van der Waals surface area contributed by atoms with Crippen LogP contribution in [0.2, 0.25) is 0 Å². The standard InChI is InChI=1S/C12H18O2S/c1-4-10(2)8-11-6-5-7-12(9-11)15(3,13)14/h5-7,9-10H,4,8H2,1-3H3. The van der Waals surface area contributed by atoms with E-state index >= 15 is 0 Å². The van der Waals surface area contributed by atoms with Crippen molar-refractivity contribution < 1.29 is 8.42 Å². The molecule has 0 saturated carbocycles. The maximum Gasteiger partial charge on any atom is 0.175 e. The summed E-state index contributed by atoms with van der Waals surface area (Å²) in [4.78, 5) is 0.420. The molecule has 1 unspecified atom stereocenters. The molecule has 0 aromatic heterocycles. The highest BCUT2D eigenvalue weighted by Crippen LogP contribution is 2.15. The fraction of sp³-hybridized carbons (Fsp3) is 0.500. The summed E-state index contributed by atoms with van der Waals surface area (Å²) in [6.07, 6.45) is 3.30. The van der Waals surface area contributed by atoms with Crippen LogP contribution in [0, 0.1) is 5.92 Å². The minimum absolute atomic E-state index is 0.420. The topological polar surface area (TPSA) is 34.1 Å². The Morgan fingerprint density at radius 1 is 1.33 bits per heavy atom. The molecule has 2 nitrogen and oxygen atoms in total. The highest BCUT2D eigenvalue weighted by atomic mass is 32.2. The third-order valence-corrected chi connectivity index (χ3v) is 3.72. The average Bonchev–Trinajstić information content (AvgIpc) is 2.17. The van der Waals surface area contributed by atoms with Crippen molar-refractivity contribution in [3.05, 3.63) is 29.8 Å². The first kappa shape index (κ1) is 12.2. The molecule has 0 saturated heterocycles. The maximum absolute atomic E-state index is 11.3. The van der Waals surface area contributed by atoms with Crippen LogP contribution in [0.4, 0.5) is 0 Å². The van der Waals surface area contributed by atoms with Crippen molar-refractivity contribution in [2.45, 2.75) is 31.6 Å². The minimum atomic E-state index is -3.07. The molecular formula is C12H18O2S. The lowest BCUT2D eigenvalue weighted by molar-refractivity contribution is 0.559. The highest BCUT2D eigenvalue weighted by molar-refractivity contribution is 7.90. The van der Waals surface area contributed by atoms with Crippen LogP contribution in [0.25, 0.3) is 0 Å². The van der Waals surface area contributed by atoms with Crippen LogP contribution in [-0.4, -0.2) is 14.7 Å². The number of sulfone groups is 1. The predicted octanol–water partition coefficient (Wildman–Crippen LogP) is 2.68. The lowest BCUT2D eigenvalue weighted by atomic mass is 9.99. The van der Waals surface area contributed by atoms with E-state index < -0.39 is 9.84 Å². The molecule has 0 amide bonds. The summed E-state index contributed by atoms with van der Waals surface area (Å²) in [7, 11) is -3.07. The van der Waals surface area contributed by atoms with Crippen LogP contribution in [0.5, 0.6) is 0 Å². The van der Waals surface area contributed by atoms with Crippen molar-refractivity contribution in [1.82, 2.24) is 0 Å². The van der Waals surface area contributed by atoms with Crippen LogP contribution in [0.3, 0.4) is 0 Å². The maximum atomic E-state index is 11.3. The third kappa shape index (κ3) is 3.67. The van der Waals surface area contributed by atoms with E-state index in [-0.39, 0.29) is 0 Å². The van der Waals surface area contributed by atoms with Crippen LogP contribution in [-0.2, 0) is 16.3 Å². The van der Waals surface area contributed by atoms with Crippen LogP contribution in [0.1, 0.15) is 25.8 Å². The van der Waals surface area contributed by atoms with Gasteiger partial charge in [-0.1, -0.05) is 32.4 Å². The molecule has 1 aromatic rings. The van der Waals surface area contributed by atoms with E-state index in [0.29, 0.717) is 10.8 Å². The minimum Gasteiger partial charge on any atom is -0.224 e. The highest BCUT2D eigenvalue weighted by Gasteiger charge is 2.08. The monoisotopic (exact) mass is 226 g/mol. The SMILES string of the molecule is CCC(C)Cc1cccc(S(C)(=O)=O)c1. The van der Waals surface area contributed by atoms with Crippen LogP contribution < -0.4 is 0 Å². The van der Waals surface area contributed by atoms with Gasteiger partial charge >= 0.3 is 0 Å². The number of hydrogen-bond donors (Lipinski definition) is 0. The zero-order valence-corrected chi connectivity index (χ0v) is 10.3. The fourth-order valence-corrected chi connectivity index (χ4v) is 2.14. The Hall–Kier alpha value is -0.830. The summed E-state index contributed by atoms with van der Waals surface area (Å²) in [5, 5.41) is 0. The quantitative estimate of drug-likeness (QED) is 0.791. The molecule has 0 spiro atoms. The molecule has 0 aliphatic rings. The van der Waals surface area contributed by atoms with Crippen LogP contribution in [0.15, 0.2) is 29.2 Å². The molecular weight excluding hydrogens is 208 g/mol. The Kier molecular flexibility index (Phi) is 3.91. The Morgan fingerprint density at radius 2 is 2.00 bits per heavy atom. The zero-order valence-electron chi connectivity index (χ0n) is 9.53. The number of rotatable bonds is 4.